The summed E-state index contributed by atoms with van der Waals surface area (Å²) in [5, 5.41) is 2.50. The number of hydrogen-bond donors (Lipinski definition) is 1. The molecule has 0 aliphatic carbocycles. The third kappa shape index (κ3) is 4.14. The summed E-state index contributed by atoms with van der Waals surface area (Å²) in [4.78, 5) is 49.6. The Hall–Kier alpha value is -3.51. The van der Waals surface area contributed by atoms with Gasteiger partial charge in [-0.1, -0.05) is 0 Å². The summed E-state index contributed by atoms with van der Waals surface area (Å²) in [5.74, 6) is -2.41. The number of ether oxygens (including phenoxy) is 1. The van der Waals surface area contributed by atoms with Gasteiger partial charge in [0.25, 0.3) is 17.7 Å². The van der Waals surface area contributed by atoms with Gasteiger partial charge >= 0.3 is 5.97 Å². The predicted molar refractivity (Wildman–Crippen MR) is 115 cm³/mol. The van der Waals surface area contributed by atoms with Crippen LogP contribution in [0.5, 0.6) is 0 Å². The second-order valence-corrected chi connectivity index (χ2v) is 9.78. The number of aromatic nitrogens is 1. The first kappa shape index (κ1) is 22.7. The zero-order valence-electron chi connectivity index (χ0n) is 18.0. The van der Waals surface area contributed by atoms with Crippen molar-refractivity contribution in [3.8, 4) is 0 Å². The molecule has 1 N–H and O–H groups in total. The van der Waals surface area contributed by atoms with Gasteiger partial charge in [0.2, 0.25) is 10.0 Å². The van der Waals surface area contributed by atoms with Gasteiger partial charge in [-0.25, -0.2) is 13.2 Å². The third-order valence-electron chi connectivity index (χ3n) is 5.60. The number of amides is 3. The molecule has 12 heteroatoms. The van der Waals surface area contributed by atoms with Crippen molar-refractivity contribution in [1.29, 1.82) is 0 Å². The fourth-order valence-corrected chi connectivity index (χ4v) is 5.39. The second kappa shape index (κ2) is 8.45. The molecule has 1 aromatic heterocycles. The van der Waals surface area contributed by atoms with Gasteiger partial charge in [0.15, 0.2) is 6.61 Å². The van der Waals surface area contributed by atoms with E-state index in [0.717, 1.165) is 17.7 Å². The fraction of sp³-hybridized carbons (Fsp3) is 0.333. The van der Waals surface area contributed by atoms with Crippen LogP contribution in [0.15, 0.2) is 35.4 Å². The number of nitrogens with one attached hydrogen (secondary N) is 1. The average molecular weight is 474 g/mol. The minimum Gasteiger partial charge on any atom is -0.451 e. The first-order valence-corrected chi connectivity index (χ1v) is 11.6. The second-order valence-electron chi connectivity index (χ2n) is 7.84. The van der Waals surface area contributed by atoms with Crippen molar-refractivity contribution in [3.05, 3.63) is 47.3 Å². The highest BCUT2D eigenvalue weighted by atomic mass is 32.2. The van der Waals surface area contributed by atoms with Crippen LogP contribution < -0.4 is 5.32 Å². The molecule has 1 aromatic carbocycles. The van der Waals surface area contributed by atoms with Crippen LogP contribution in [0.1, 0.15) is 44.0 Å². The molecule has 0 radical (unpaired) electrons. The standard InChI is InChI=1S/C21H22N4O7S/c1-23-11-14(33(30,31)25-7-3-4-8-25)10-17(23)21(29)32-12-18(26)22-13-5-6-15-16(9-13)20(28)24(2)19(15)27/h5-6,9-11H,3-4,7-8,12H2,1-2H3,(H,22,26). The van der Waals surface area contributed by atoms with E-state index in [1.165, 1.54) is 53.4 Å². The number of fused-ring (bicyclic) bond motifs is 1. The topological polar surface area (TPSA) is 135 Å². The summed E-state index contributed by atoms with van der Waals surface area (Å²) >= 11 is 0. The maximum atomic E-state index is 12.7. The molecular weight excluding hydrogens is 452 g/mol. The number of rotatable bonds is 6. The number of sulfonamides is 1. The normalized spacial score (nSPS) is 16.2. The predicted octanol–water partition coefficient (Wildman–Crippen LogP) is 0.831. The van der Waals surface area contributed by atoms with E-state index in [0.29, 0.717) is 13.1 Å². The summed E-state index contributed by atoms with van der Waals surface area (Å²) in [5.41, 5.74) is 0.678. The smallest absolute Gasteiger partial charge is 0.355 e. The molecule has 0 saturated carbocycles. The van der Waals surface area contributed by atoms with Crippen LogP contribution in [-0.2, 0) is 26.6 Å². The number of esters is 1. The van der Waals surface area contributed by atoms with Crippen LogP contribution >= 0.6 is 0 Å². The van der Waals surface area contributed by atoms with Crippen molar-refractivity contribution in [2.24, 2.45) is 7.05 Å². The molecule has 2 aliphatic heterocycles. The first-order chi connectivity index (χ1) is 15.6. The fourth-order valence-electron chi connectivity index (χ4n) is 3.80. The van der Waals surface area contributed by atoms with Crippen LogP contribution in [0, 0.1) is 0 Å². The summed E-state index contributed by atoms with van der Waals surface area (Å²) in [6.07, 6.45) is 2.92. The summed E-state index contributed by atoms with van der Waals surface area (Å²) in [6, 6.07) is 5.52. The van der Waals surface area contributed by atoms with Gasteiger partial charge < -0.3 is 14.6 Å². The summed E-state index contributed by atoms with van der Waals surface area (Å²) in [6.45, 7) is 0.258. The number of hydrogen-bond acceptors (Lipinski definition) is 7. The molecule has 4 rings (SSSR count). The quantitative estimate of drug-likeness (QED) is 0.484. The Morgan fingerprint density at radius 2 is 1.70 bits per heavy atom. The summed E-state index contributed by atoms with van der Waals surface area (Å²) < 4.78 is 33.1. The van der Waals surface area contributed by atoms with Gasteiger partial charge in [-0.2, -0.15) is 4.31 Å². The van der Waals surface area contributed by atoms with Crippen LogP contribution in [0.4, 0.5) is 5.69 Å². The molecule has 2 aliphatic rings. The Morgan fingerprint density at radius 3 is 2.39 bits per heavy atom. The highest BCUT2D eigenvalue weighted by Gasteiger charge is 2.33. The lowest BCUT2D eigenvalue weighted by Crippen LogP contribution is -2.27. The molecule has 3 amide bonds. The Labute approximate surface area is 190 Å². The number of benzene rings is 1. The van der Waals surface area contributed by atoms with E-state index in [4.69, 9.17) is 4.74 Å². The van der Waals surface area contributed by atoms with Gasteiger partial charge in [-0.05, 0) is 37.1 Å². The van der Waals surface area contributed by atoms with Crippen molar-refractivity contribution in [2.75, 3.05) is 32.1 Å². The summed E-state index contributed by atoms with van der Waals surface area (Å²) in [7, 11) is -0.811. The van der Waals surface area contributed by atoms with Crippen LogP contribution in [-0.4, -0.2) is 72.6 Å². The SMILES string of the molecule is CN1C(=O)c2ccc(NC(=O)COC(=O)c3cc(S(=O)(=O)N4CCCC4)cn3C)cc2C1=O. The molecule has 2 aromatic rings. The van der Waals surface area contributed by atoms with Gasteiger partial charge in [-0.3, -0.25) is 19.3 Å². The number of nitrogens with zero attached hydrogens (tertiary/aromatic N) is 3. The molecule has 1 saturated heterocycles. The molecule has 174 valence electrons. The van der Waals surface area contributed by atoms with E-state index in [1.807, 2.05) is 0 Å². The van der Waals surface area contributed by atoms with E-state index in [1.54, 1.807) is 0 Å². The minimum absolute atomic E-state index is 0.00868. The van der Waals surface area contributed by atoms with E-state index in [9.17, 15) is 27.6 Å². The van der Waals surface area contributed by atoms with Crippen molar-refractivity contribution in [2.45, 2.75) is 17.7 Å². The van der Waals surface area contributed by atoms with E-state index in [-0.39, 0.29) is 27.4 Å². The van der Waals surface area contributed by atoms with E-state index >= 15 is 0 Å². The zero-order valence-corrected chi connectivity index (χ0v) is 18.8. The van der Waals surface area contributed by atoms with Crippen molar-refractivity contribution < 1.29 is 32.3 Å². The van der Waals surface area contributed by atoms with Gasteiger partial charge in [0.1, 0.15) is 10.6 Å². The molecule has 33 heavy (non-hydrogen) atoms. The highest BCUT2D eigenvalue weighted by molar-refractivity contribution is 7.89. The Balaban J connectivity index is 1.39. The third-order valence-corrected chi connectivity index (χ3v) is 7.46. The van der Waals surface area contributed by atoms with Gasteiger partial charge in [-0.15, -0.1) is 0 Å². The van der Waals surface area contributed by atoms with Crippen molar-refractivity contribution >= 4 is 39.4 Å². The van der Waals surface area contributed by atoms with Gasteiger partial charge in [0, 0.05) is 39.1 Å². The highest BCUT2D eigenvalue weighted by Crippen LogP contribution is 2.25. The maximum Gasteiger partial charge on any atom is 0.355 e. The van der Waals surface area contributed by atoms with Crippen molar-refractivity contribution in [1.82, 2.24) is 13.8 Å². The Kier molecular flexibility index (Phi) is 5.80. The Bertz CT molecular complexity index is 1280. The molecule has 0 spiro atoms. The van der Waals surface area contributed by atoms with Crippen molar-refractivity contribution in [3.63, 3.8) is 0 Å². The van der Waals surface area contributed by atoms with Gasteiger partial charge in [0.05, 0.1) is 11.1 Å². The first-order valence-electron chi connectivity index (χ1n) is 10.2. The number of anilines is 1. The Morgan fingerprint density at radius 1 is 1.03 bits per heavy atom. The number of aryl methyl sites for hydroxylation is 1. The number of carbonyl (C=O) groups excluding carboxylic acids is 4. The molecular formula is C21H22N4O7S. The molecule has 0 unspecified atom stereocenters. The molecule has 11 nitrogen and oxygen atoms in total. The minimum atomic E-state index is -3.69. The molecule has 3 heterocycles. The van der Waals surface area contributed by atoms with Crippen LogP contribution in [0.3, 0.4) is 0 Å². The van der Waals surface area contributed by atoms with E-state index < -0.39 is 40.3 Å². The maximum absolute atomic E-state index is 12.7. The largest absolute Gasteiger partial charge is 0.451 e. The molecule has 0 atom stereocenters. The van der Waals surface area contributed by atoms with Crippen LogP contribution in [0.25, 0.3) is 0 Å². The molecule has 1 fully saturated rings. The lowest BCUT2D eigenvalue weighted by Gasteiger charge is -2.13. The average Bonchev–Trinajstić information content (AvgIpc) is 3.50. The monoisotopic (exact) mass is 474 g/mol. The zero-order chi connectivity index (χ0) is 23.9. The number of imide groups is 1. The van der Waals surface area contributed by atoms with Crippen LogP contribution in [0.2, 0.25) is 0 Å². The number of carbonyl (C=O) groups is 4. The lowest BCUT2D eigenvalue weighted by molar-refractivity contribution is -0.119. The van der Waals surface area contributed by atoms with E-state index in [2.05, 4.69) is 5.32 Å². The molecule has 0 bridgehead atoms. The lowest BCUT2D eigenvalue weighted by atomic mass is 10.1.